The van der Waals surface area contributed by atoms with E-state index in [9.17, 15) is 27.9 Å². The number of carbonyl (C=O) groups is 2. The highest BCUT2D eigenvalue weighted by atomic mass is 19.4. The molecule has 3 aromatic rings. The summed E-state index contributed by atoms with van der Waals surface area (Å²) >= 11 is 0. The summed E-state index contributed by atoms with van der Waals surface area (Å²) in [5, 5.41) is 16.2. The number of nitrogen functional groups attached to an aromatic ring is 1. The van der Waals surface area contributed by atoms with Gasteiger partial charge in [-0.2, -0.15) is 18.3 Å². The molecule has 0 aliphatic heterocycles. The molecule has 2 aromatic heterocycles. The van der Waals surface area contributed by atoms with Crippen LogP contribution in [-0.2, 0) is 10.9 Å². The van der Waals surface area contributed by atoms with Gasteiger partial charge in [0.25, 0.3) is 0 Å². The summed E-state index contributed by atoms with van der Waals surface area (Å²) in [6.45, 7) is 4.89. The normalized spacial score (nSPS) is 12.3. The van der Waals surface area contributed by atoms with Crippen LogP contribution < -0.4 is 5.73 Å². The number of benzene rings is 1. The summed E-state index contributed by atoms with van der Waals surface area (Å²) in [7, 11) is 0. The van der Waals surface area contributed by atoms with Crippen molar-refractivity contribution in [3.63, 3.8) is 0 Å². The van der Waals surface area contributed by atoms with Gasteiger partial charge in [0, 0.05) is 6.07 Å². The van der Waals surface area contributed by atoms with E-state index in [2.05, 4.69) is 10.3 Å². The number of aromatic nitrogens is 3. The molecule has 3 N–H and O–H groups in total. The molecule has 0 amide bonds. The van der Waals surface area contributed by atoms with Gasteiger partial charge in [-0.15, -0.1) is 0 Å². The molecule has 0 saturated heterocycles. The molecule has 154 valence electrons. The lowest BCUT2D eigenvalue weighted by Gasteiger charge is -2.18. The van der Waals surface area contributed by atoms with Gasteiger partial charge in [0.15, 0.2) is 17.0 Å². The van der Waals surface area contributed by atoms with Crippen molar-refractivity contribution in [3.8, 4) is 5.69 Å². The minimum atomic E-state index is -4.87. The molecular formula is C17H15F3N4O5. The molecule has 0 unspecified atom stereocenters. The van der Waals surface area contributed by atoms with Gasteiger partial charge < -0.3 is 20.1 Å². The predicted octanol–water partition coefficient (Wildman–Crippen LogP) is 3.27. The number of nitrogens with zero attached hydrogens (tertiary/aromatic N) is 3. The van der Waals surface area contributed by atoms with Crippen LogP contribution in [-0.4, -0.2) is 37.6 Å². The van der Waals surface area contributed by atoms with E-state index in [1.165, 1.54) is 12.1 Å². The molecular weight excluding hydrogens is 397 g/mol. The first-order valence-corrected chi connectivity index (χ1v) is 8.11. The van der Waals surface area contributed by atoms with Gasteiger partial charge >= 0.3 is 18.1 Å². The Balaban J connectivity index is 2.21. The first-order valence-electron chi connectivity index (χ1n) is 8.11. The molecule has 0 aliphatic carbocycles. The van der Waals surface area contributed by atoms with Gasteiger partial charge in [-0.1, -0.05) is 5.16 Å². The van der Waals surface area contributed by atoms with Crippen molar-refractivity contribution in [1.29, 1.82) is 0 Å². The number of hydrogen-bond acceptors (Lipinski definition) is 7. The highest BCUT2D eigenvalue weighted by Crippen LogP contribution is 2.34. The molecule has 0 radical (unpaired) electrons. The van der Waals surface area contributed by atoms with Crippen molar-refractivity contribution >= 4 is 28.6 Å². The molecule has 0 atom stereocenters. The molecule has 0 aliphatic rings. The Morgan fingerprint density at radius 3 is 2.45 bits per heavy atom. The molecule has 0 saturated carbocycles. The van der Waals surface area contributed by atoms with Crippen LogP contribution in [0.2, 0.25) is 0 Å². The maximum Gasteiger partial charge on any atom is 0.435 e. The maximum absolute atomic E-state index is 13.0. The number of carboxylic acid groups (broad SMARTS) is 1. The average Bonchev–Trinajstić information content (AvgIpc) is 3.17. The van der Waals surface area contributed by atoms with E-state index < -0.39 is 35.1 Å². The van der Waals surface area contributed by atoms with E-state index in [0.29, 0.717) is 10.7 Å². The second-order valence-electron chi connectivity index (χ2n) is 7.03. The quantitative estimate of drug-likeness (QED) is 0.495. The molecule has 0 spiro atoms. The van der Waals surface area contributed by atoms with Crippen LogP contribution in [0.5, 0.6) is 0 Å². The van der Waals surface area contributed by atoms with Crippen molar-refractivity contribution in [2.75, 3.05) is 5.73 Å². The fourth-order valence-electron chi connectivity index (χ4n) is 2.56. The predicted molar refractivity (Wildman–Crippen MR) is 92.7 cm³/mol. The number of anilines is 1. The number of aromatic carboxylic acids is 1. The van der Waals surface area contributed by atoms with E-state index in [1.807, 2.05) is 0 Å². The Bertz CT molecular complexity index is 1120. The number of rotatable bonds is 3. The Morgan fingerprint density at radius 1 is 1.24 bits per heavy atom. The van der Waals surface area contributed by atoms with Crippen molar-refractivity contribution in [3.05, 3.63) is 35.3 Å². The Labute approximate surface area is 160 Å². The number of carboxylic acids is 1. The number of halogens is 3. The highest BCUT2D eigenvalue weighted by Gasteiger charge is 2.36. The van der Waals surface area contributed by atoms with Gasteiger partial charge in [0.1, 0.15) is 5.60 Å². The van der Waals surface area contributed by atoms with Crippen LogP contribution in [0.3, 0.4) is 0 Å². The van der Waals surface area contributed by atoms with E-state index >= 15 is 0 Å². The number of ether oxygens (including phenoxy) is 1. The molecule has 1 aromatic carbocycles. The van der Waals surface area contributed by atoms with Gasteiger partial charge in [-0.25, -0.2) is 14.3 Å². The summed E-state index contributed by atoms with van der Waals surface area (Å²) in [6, 6.07) is 2.87. The lowest BCUT2D eigenvalue weighted by atomic mass is 10.1. The summed E-state index contributed by atoms with van der Waals surface area (Å²) in [6.07, 6.45) is -4.87. The highest BCUT2D eigenvalue weighted by molar-refractivity contribution is 6.08. The molecule has 0 bridgehead atoms. The van der Waals surface area contributed by atoms with Crippen molar-refractivity contribution in [2.45, 2.75) is 32.5 Å². The minimum absolute atomic E-state index is 0.0304. The molecule has 2 heterocycles. The number of alkyl halides is 3. The second kappa shape index (κ2) is 6.50. The third-order valence-electron chi connectivity index (χ3n) is 3.70. The number of hydrogen-bond donors (Lipinski definition) is 2. The van der Waals surface area contributed by atoms with Crippen LogP contribution in [0.25, 0.3) is 16.7 Å². The van der Waals surface area contributed by atoms with Gasteiger partial charge in [-0.3, -0.25) is 0 Å². The van der Waals surface area contributed by atoms with Gasteiger partial charge in [-0.05, 0) is 32.9 Å². The standard InChI is InChI=1S/C17H15F3N4O5/c1-16(2,3)28-15(27)13-11-9(29-23-13)5-4-7(12(11)21)24-8(14(25)26)6-10(22-24)17(18,19)20/h4-6H,21H2,1-3H3,(H,25,26). The average molecular weight is 412 g/mol. The zero-order valence-electron chi connectivity index (χ0n) is 15.4. The van der Waals surface area contributed by atoms with Gasteiger partial charge in [0.05, 0.1) is 16.8 Å². The van der Waals surface area contributed by atoms with E-state index in [4.69, 9.17) is 15.0 Å². The van der Waals surface area contributed by atoms with Gasteiger partial charge in [0.2, 0.25) is 5.69 Å². The maximum atomic E-state index is 13.0. The summed E-state index contributed by atoms with van der Waals surface area (Å²) < 4.78 is 49.8. The Morgan fingerprint density at radius 2 is 1.90 bits per heavy atom. The van der Waals surface area contributed by atoms with Crippen molar-refractivity contribution in [2.24, 2.45) is 0 Å². The van der Waals surface area contributed by atoms with E-state index in [1.54, 1.807) is 20.8 Å². The summed E-state index contributed by atoms with van der Waals surface area (Å²) in [5.74, 6) is -2.51. The summed E-state index contributed by atoms with van der Waals surface area (Å²) in [4.78, 5) is 23.8. The second-order valence-corrected chi connectivity index (χ2v) is 7.03. The summed E-state index contributed by atoms with van der Waals surface area (Å²) in [5.41, 5.74) is 2.34. The molecule has 9 nitrogen and oxygen atoms in total. The molecule has 3 rings (SSSR count). The minimum Gasteiger partial charge on any atom is -0.477 e. The van der Waals surface area contributed by atoms with E-state index in [-0.39, 0.29) is 28.0 Å². The van der Waals surface area contributed by atoms with Crippen LogP contribution in [0.15, 0.2) is 22.7 Å². The van der Waals surface area contributed by atoms with Crippen LogP contribution in [0.1, 0.15) is 47.4 Å². The largest absolute Gasteiger partial charge is 0.477 e. The Hall–Kier alpha value is -3.57. The zero-order chi connectivity index (χ0) is 21.7. The molecule has 0 fully saturated rings. The number of fused-ring (bicyclic) bond motifs is 1. The van der Waals surface area contributed by atoms with Crippen LogP contribution >= 0.6 is 0 Å². The third-order valence-corrected chi connectivity index (χ3v) is 3.70. The van der Waals surface area contributed by atoms with Crippen molar-refractivity contribution < 1.29 is 37.1 Å². The first kappa shape index (κ1) is 20.2. The van der Waals surface area contributed by atoms with E-state index in [0.717, 1.165) is 0 Å². The lowest BCUT2D eigenvalue weighted by Crippen LogP contribution is -2.24. The number of carbonyl (C=O) groups excluding carboxylic acids is 1. The topological polar surface area (TPSA) is 133 Å². The number of nitrogens with two attached hydrogens (primary N) is 1. The zero-order valence-corrected chi connectivity index (χ0v) is 15.4. The molecule has 12 heteroatoms. The van der Waals surface area contributed by atoms with Crippen LogP contribution in [0, 0.1) is 0 Å². The fourth-order valence-corrected chi connectivity index (χ4v) is 2.56. The van der Waals surface area contributed by atoms with Crippen LogP contribution in [0.4, 0.5) is 18.9 Å². The molecule has 29 heavy (non-hydrogen) atoms. The monoisotopic (exact) mass is 412 g/mol. The number of esters is 1. The first-order chi connectivity index (χ1) is 13.3. The lowest BCUT2D eigenvalue weighted by molar-refractivity contribution is -0.141. The SMILES string of the molecule is CC(C)(C)OC(=O)c1noc2ccc(-n3nc(C(F)(F)F)cc3C(=O)O)c(N)c12. The van der Waals surface area contributed by atoms with Crippen molar-refractivity contribution in [1.82, 2.24) is 14.9 Å². The Kier molecular flexibility index (Phi) is 4.52. The fraction of sp³-hybridized carbons (Fsp3) is 0.294. The smallest absolute Gasteiger partial charge is 0.435 e. The third kappa shape index (κ3) is 3.73.